The molecule has 0 unspecified atom stereocenters. The Hall–Kier alpha value is -1.01. The number of hydrogen-bond donors (Lipinski definition) is 0. The van der Waals surface area contributed by atoms with Gasteiger partial charge in [-0.25, -0.2) is 0 Å². The zero-order chi connectivity index (χ0) is 10.3. The van der Waals surface area contributed by atoms with Crippen LogP contribution in [0.25, 0.3) is 0 Å². The second-order valence-corrected chi connectivity index (χ2v) is 3.00. The maximum Gasteiger partial charge on any atom is 0.319 e. The third-order valence-corrected chi connectivity index (χ3v) is 1.75. The summed E-state index contributed by atoms with van der Waals surface area (Å²) in [6, 6.07) is 0.306. The van der Waals surface area contributed by atoms with Gasteiger partial charge in [-0.05, 0) is 20.8 Å². The van der Waals surface area contributed by atoms with E-state index in [1.165, 1.54) is 7.11 Å². The summed E-state index contributed by atoms with van der Waals surface area (Å²) in [5.41, 5.74) is 0. The number of methoxy groups -OCH3 is 1. The molecule has 0 fully saturated rings. The van der Waals surface area contributed by atoms with Gasteiger partial charge in [0.1, 0.15) is 0 Å². The van der Waals surface area contributed by atoms with Gasteiger partial charge in [-0.3, -0.25) is 9.69 Å². The van der Waals surface area contributed by atoms with Gasteiger partial charge in [-0.2, -0.15) is 0 Å². The Morgan fingerprint density at radius 2 is 2.15 bits per heavy atom. The van der Waals surface area contributed by atoms with Crippen LogP contribution in [0.5, 0.6) is 0 Å². The molecule has 0 aromatic carbocycles. The predicted molar refractivity (Wildman–Crippen MR) is 52.2 cm³/mol. The molecule has 0 aliphatic rings. The van der Waals surface area contributed by atoms with Crippen molar-refractivity contribution in [3.05, 3.63) is 0 Å². The van der Waals surface area contributed by atoms with Crippen LogP contribution >= 0.6 is 0 Å². The molecular formula is C10H17NO2. The molecule has 0 saturated carbocycles. The third kappa shape index (κ3) is 5.26. The van der Waals surface area contributed by atoms with Crippen LogP contribution in [0.2, 0.25) is 0 Å². The lowest BCUT2D eigenvalue weighted by molar-refractivity contribution is -0.142. The van der Waals surface area contributed by atoms with Crippen molar-refractivity contribution < 1.29 is 9.53 Å². The van der Waals surface area contributed by atoms with E-state index in [4.69, 9.17) is 0 Å². The van der Waals surface area contributed by atoms with Crippen LogP contribution in [0, 0.1) is 11.8 Å². The van der Waals surface area contributed by atoms with Crippen molar-refractivity contribution >= 4 is 5.97 Å². The fraction of sp³-hybridized carbons (Fsp3) is 0.700. The number of esters is 1. The molecule has 13 heavy (non-hydrogen) atoms. The average molecular weight is 183 g/mol. The zero-order valence-corrected chi connectivity index (χ0v) is 8.76. The lowest BCUT2D eigenvalue weighted by Crippen LogP contribution is -2.36. The fourth-order valence-electron chi connectivity index (χ4n) is 0.832. The Balaban J connectivity index is 4.07. The quantitative estimate of drug-likeness (QED) is 0.479. The normalized spacial score (nSPS) is 9.69. The van der Waals surface area contributed by atoms with Gasteiger partial charge in [-0.1, -0.05) is 5.92 Å². The summed E-state index contributed by atoms with van der Waals surface area (Å²) >= 11 is 0. The van der Waals surface area contributed by atoms with Crippen molar-refractivity contribution in [3.8, 4) is 11.8 Å². The van der Waals surface area contributed by atoms with Gasteiger partial charge in [0.15, 0.2) is 0 Å². The van der Waals surface area contributed by atoms with E-state index < -0.39 is 0 Å². The Morgan fingerprint density at radius 1 is 1.54 bits per heavy atom. The fourth-order valence-corrected chi connectivity index (χ4v) is 0.832. The number of carbonyl (C=O) groups excluding carboxylic acids is 1. The van der Waals surface area contributed by atoms with E-state index in [2.05, 4.69) is 16.6 Å². The van der Waals surface area contributed by atoms with E-state index in [-0.39, 0.29) is 5.97 Å². The van der Waals surface area contributed by atoms with Crippen molar-refractivity contribution in [2.45, 2.75) is 26.8 Å². The number of hydrogen-bond acceptors (Lipinski definition) is 3. The monoisotopic (exact) mass is 183 g/mol. The molecule has 0 amide bonds. The lowest BCUT2D eigenvalue weighted by Gasteiger charge is -2.22. The number of nitrogens with zero attached hydrogens (tertiary/aromatic N) is 1. The first-order chi connectivity index (χ1) is 6.11. The highest BCUT2D eigenvalue weighted by Gasteiger charge is 2.12. The highest BCUT2D eigenvalue weighted by Crippen LogP contribution is 1.96. The Bertz CT molecular complexity index is 213. The second-order valence-electron chi connectivity index (χ2n) is 3.00. The minimum Gasteiger partial charge on any atom is -0.468 e. The summed E-state index contributed by atoms with van der Waals surface area (Å²) in [4.78, 5) is 12.9. The summed E-state index contributed by atoms with van der Waals surface area (Å²) in [5.74, 6) is 5.51. The molecule has 0 N–H and O–H groups in total. The van der Waals surface area contributed by atoms with Crippen LogP contribution in [0.4, 0.5) is 0 Å². The smallest absolute Gasteiger partial charge is 0.319 e. The third-order valence-electron chi connectivity index (χ3n) is 1.75. The van der Waals surface area contributed by atoms with E-state index in [0.29, 0.717) is 19.1 Å². The SMILES string of the molecule is CC#CCN(CC(=O)OC)C(C)C. The molecule has 74 valence electrons. The molecule has 3 heteroatoms. The van der Waals surface area contributed by atoms with Gasteiger partial charge in [0.25, 0.3) is 0 Å². The van der Waals surface area contributed by atoms with Gasteiger partial charge in [0, 0.05) is 6.04 Å². The maximum atomic E-state index is 11.0. The van der Waals surface area contributed by atoms with Crippen LogP contribution in [-0.2, 0) is 9.53 Å². The molecular weight excluding hydrogens is 166 g/mol. The molecule has 0 aliphatic carbocycles. The number of ether oxygens (including phenoxy) is 1. The first-order valence-electron chi connectivity index (χ1n) is 4.32. The standard InChI is InChI=1S/C10H17NO2/c1-5-6-7-11(9(2)3)8-10(12)13-4/h9H,7-8H2,1-4H3. The van der Waals surface area contributed by atoms with Crippen LogP contribution in [0.3, 0.4) is 0 Å². The Morgan fingerprint density at radius 3 is 2.54 bits per heavy atom. The van der Waals surface area contributed by atoms with Gasteiger partial charge in [-0.15, -0.1) is 5.92 Å². The van der Waals surface area contributed by atoms with E-state index in [9.17, 15) is 4.79 Å². The number of carbonyl (C=O) groups is 1. The van der Waals surface area contributed by atoms with E-state index >= 15 is 0 Å². The maximum absolute atomic E-state index is 11.0. The van der Waals surface area contributed by atoms with Gasteiger partial charge in [0.2, 0.25) is 0 Å². The largest absolute Gasteiger partial charge is 0.468 e. The predicted octanol–water partition coefficient (Wildman–Crippen LogP) is 0.893. The van der Waals surface area contributed by atoms with Gasteiger partial charge >= 0.3 is 5.97 Å². The number of rotatable bonds is 4. The molecule has 0 spiro atoms. The van der Waals surface area contributed by atoms with Crippen molar-refractivity contribution in [2.75, 3.05) is 20.2 Å². The molecule has 0 saturated heterocycles. The summed E-state index contributed by atoms with van der Waals surface area (Å²) in [6.45, 7) is 6.77. The highest BCUT2D eigenvalue weighted by atomic mass is 16.5. The van der Waals surface area contributed by atoms with Crippen molar-refractivity contribution in [1.29, 1.82) is 0 Å². The van der Waals surface area contributed by atoms with Gasteiger partial charge < -0.3 is 4.74 Å². The molecule has 0 heterocycles. The summed E-state index contributed by atoms with van der Waals surface area (Å²) in [7, 11) is 1.40. The molecule has 0 aromatic heterocycles. The van der Waals surface area contributed by atoms with Crippen LogP contribution < -0.4 is 0 Å². The molecule has 0 atom stereocenters. The average Bonchev–Trinajstić information content (AvgIpc) is 2.11. The molecule has 0 radical (unpaired) electrons. The summed E-state index contributed by atoms with van der Waals surface area (Å²) in [6.07, 6.45) is 0. The first-order valence-corrected chi connectivity index (χ1v) is 4.32. The molecule has 0 bridgehead atoms. The van der Waals surface area contributed by atoms with Crippen LogP contribution in [0.15, 0.2) is 0 Å². The Kier molecular flexibility index (Phi) is 5.99. The second kappa shape index (κ2) is 6.50. The van der Waals surface area contributed by atoms with Crippen LogP contribution in [0.1, 0.15) is 20.8 Å². The molecule has 0 rings (SSSR count). The molecule has 3 nitrogen and oxygen atoms in total. The molecule has 0 aromatic rings. The van der Waals surface area contributed by atoms with Crippen molar-refractivity contribution in [3.63, 3.8) is 0 Å². The zero-order valence-electron chi connectivity index (χ0n) is 8.76. The molecule has 0 aliphatic heterocycles. The minimum atomic E-state index is -0.216. The van der Waals surface area contributed by atoms with Crippen molar-refractivity contribution in [2.24, 2.45) is 0 Å². The lowest BCUT2D eigenvalue weighted by atomic mass is 10.3. The first kappa shape index (κ1) is 12.0. The topological polar surface area (TPSA) is 29.5 Å². The van der Waals surface area contributed by atoms with E-state index in [1.54, 1.807) is 6.92 Å². The van der Waals surface area contributed by atoms with Crippen molar-refractivity contribution in [1.82, 2.24) is 4.90 Å². The summed E-state index contributed by atoms with van der Waals surface area (Å²) < 4.78 is 4.58. The van der Waals surface area contributed by atoms with Gasteiger partial charge in [0.05, 0.1) is 20.2 Å². The summed E-state index contributed by atoms with van der Waals surface area (Å²) in [5, 5.41) is 0. The van der Waals surface area contributed by atoms with E-state index in [1.807, 2.05) is 18.7 Å². The highest BCUT2D eigenvalue weighted by molar-refractivity contribution is 5.71. The minimum absolute atomic E-state index is 0.216. The Labute approximate surface area is 80.1 Å². The van der Waals surface area contributed by atoms with Crippen LogP contribution in [-0.4, -0.2) is 37.1 Å². The van der Waals surface area contributed by atoms with E-state index in [0.717, 1.165) is 0 Å².